The van der Waals surface area contributed by atoms with Crippen molar-refractivity contribution < 1.29 is 18.0 Å². The van der Waals surface area contributed by atoms with Gasteiger partial charge in [0, 0.05) is 17.4 Å². The van der Waals surface area contributed by atoms with Crippen LogP contribution in [0, 0.1) is 18.7 Å². The van der Waals surface area contributed by atoms with Crippen molar-refractivity contribution >= 4 is 11.6 Å². The Labute approximate surface area is 164 Å². The van der Waals surface area contributed by atoms with Crippen molar-refractivity contribution in [2.24, 2.45) is 0 Å². The van der Waals surface area contributed by atoms with Crippen molar-refractivity contribution in [3.8, 4) is 22.6 Å². The van der Waals surface area contributed by atoms with Crippen LogP contribution < -0.4 is 5.32 Å². The molecule has 1 N–H and O–H groups in total. The van der Waals surface area contributed by atoms with E-state index in [4.69, 9.17) is 4.42 Å². The second kappa shape index (κ2) is 7.59. The Morgan fingerprint density at radius 1 is 1.03 bits per heavy atom. The number of carbonyl (C=O) groups excluding carboxylic acids is 1. The summed E-state index contributed by atoms with van der Waals surface area (Å²) in [5.74, 6) is -2.94. The maximum Gasteiger partial charge on any atom is 0.258 e. The summed E-state index contributed by atoms with van der Waals surface area (Å²) in [6, 6.07) is 13.9. The second-order valence-corrected chi connectivity index (χ2v) is 6.27. The van der Waals surface area contributed by atoms with E-state index in [1.54, 1.807) is 12.1 Å². The van der Waals surface area contributed by atoms with E-state index in [2.05, 4.69) is 20.5 Å². The Kier molecular flexibility index (Phi) is 4.82. The van der Waals surface area contributed by atoms with Gasteiger partial charge in [0.2, 0.25) is 18.2 Å². The molecule has 0 saturated carbocycles. The first-order valence-electron chi connectivity index (χ1n) is 8.62. The summed E-state index contributed by atoms with van der Waals surface area (Å²) in [5, 5.41) is 10.1. The summed E-state index contributed by atoms with van der Waals surface area (Å²) in [6.07, 6.45) is 2.30. The largest absolute Gasteiger partial charge is 0.423 e. The lowest BCUT2D eigenvalue weighted by molar-refractivity contribution is 0.102. The molecule has 1 amide bonds. The topological polar surface area (TPSA) is 80.9 Å². The van der Waals surface area contributed by atoms with Gasteiger partial charge in [-0.05, 0) is 53.9 Å². The fraction of sp³-hybridized carbons (Fsp3) is 0.0476. The molecule has 4 aromatic rings. The van der Waals surface area contributed by atoms with Gasteiger partial charge in [0.25, 0.3) is 5.91 Å². The Morgan fingerprint density at radius 2 is 1.79 bits per heavy atom. The van der Waals surface area contributed by atoms with E-state index in [9.17, 15) is 13.6 Å². The number of nitrogens with one attached hydrogen (secondary N) is 1. The molecular weight excluding hydrogens is 378 g/mol. The highest BCUT2D eigenvalue weighted by molar-refractivity contribution is 6.04. The van der Waals surface area contributed by atoms with Gasteiger partial charge in [-0.25, -0.2) is 9.37 Å². The van der Waals surface area contributed by atoms with E-state index in [1.165, 1.54) is 6.39 Å². The molecule has 0 spiro atoms. The van der Waals surface area contributed by atoms with E-state index < -0.39 is 23.2 Å². The molecule has 29 heavy (non-hydrogen) atoms. The number of aryl methyl sites for hydroxylation is 1. The van der Waals surface area contributed by atoms with Crippen LogP contribution in [0.2, 0.25) is 0 Å². The SMILES string of the molecule is Cc1ccc(-c2nnco2)cc1-c1ccc(NC(=O)c2ccnc(F)c2F)cc1. The number of aromatic nitrogens is 3. The molecular formula is C21H14F2N4O2. The number of anilines is 1. The first kappa shape index (κ1) is 18.4. The monoisotopic (exact) mass is 392 g/mol. The molecule has 0 aliphatic rings. The molecule has 0 fully saturated rings. The van der Waals surface area contributed by atoms with Crippen LogP contribution in [0.4, 0.5) is 14.5 Å². The fourth-order valence-corrected chi connectivity index (χ4v) is 2.89. The Morgan fingerprint density at radius 3 is 2.52 bits per heavy atom. The Bertz CT molecular complexity index is 1180. The zero-order chi connectivity index (χ0) is 20.4. The summed E-state index contributed by atoms with van der Waals surface area (Å²) < 4.78 is 32.2. The number of carbonyl (C=O) groups is 1. The zero-order valence-corrected chi connectivity index (χ0v) is 15.2. The Balaban J connectivity index is 1.58. The number of hydrogen-bond acceptors (Lipinski definition) is 5. The van der Waals surface area contributed by atoms with E-state index in [-0.39, 0.29) is 0 Å². The normalized spacial score (nSPS) is 10.7. The predicted molar refractivity (Wildman–Crippen MR) is 102 cm³/mol. The first-order valence-corrected chi connectivity index (χ1v) is 8.62. The lowest BCUT2D eigenvalue weighted by Gasteiger charge is -2.10. The average molecular weight is 392 g/mol. The average Bonchev–Trinajstić information content (AvgIpc) is 3.26. The van der Waals surface area contributed by atoms with Gasteiger partial charge in [-0.15, -0.1) is 10.2 Å². The second-order valence-electron chi connectivity index (χ2n) is 6.27. The van der Waals surface area contributed by atoms with Gasteiger partial charge in [0.1, 0.15) is 0 Å². The first-order chi connectivity index (χ1) is 14.0. The van der Waals surface area contributed by atoms with Crippen molar-refractivity contribution in [2.75, 3.05) is 5.32 Å². The van der Waals surface area contributed by atoms with E-state index in [1.807, 2.05) is 37.3 Å². The molecule has 8 heteroatoms. The smallest absolute Gasteiger partial charge is 0.258 e. The van der Waals surface area contributed by atoms with Crippen LogP contribution in [0.15, 0.2) is 65.5 Å². The summed E-state index contributed by atoms with van der Waals surface area (Å²) >= 11 is 0. The van der Waals surface area contributed by atoms with Gasteiger partial charge < -0.3 is 9.73 Å². The molecule has 0 aliphatic carbocycles. The van der Waals surface area contributed by atoms with Crippen molar-refractivity contribution in [3.63, 3.8) is 0 Å². The summed E-state index contributed by atoms with van der Waals surface area (Å²) in [7, 11) is 0. The fourth-order valence-electron chi connectivity index (χ4n) is 2.89. The van der Waals surface area contributed by atoms with E-state index >= 15 is 0 Å². The maximum absolute atomic E-state index is 13.7. The molecule has 2 aromatic heterocycles. The van der Waals surface area contributed by atoms with Crippen LogP contribution >= 0.6 is 0 Å². The summed E-state index contributed by atoms with van der Waals surface area (Å²) in [6.45, 7) is 1.98. The molecule has 0 atom stereocenters. The molecule has 0 aliphatic heterocycles. The van der Waals surface area contributed by atoms with Gasteiger partial charge in [-0.2, -0.15) is 4.39 Å². The number of benzene rings is 2. The number of rotatable bonds is 4. The Hall–Kier alpha value is -3.94. The maximum atomic E-state index is 13.7. The highest BCUT2D eigenvalue weighted by Gasteiger charge is 2.16. The van der Waals surface area contributed by atoms with Crippen molar-refractivity contribution in [1.29, 1.82) is 0 Å². The van der Waals surface area contributed by atoms with E-state index in [0.29, 0.717) is 11.6 Å². The molecule has 0 bridgehead atoms. The van der Waals surface area contributed by atoms with Crippen LogP contribution in [0.25, 0.3) is 22.6 Å². The van der Waals surface area contributed by atoms with Gasteiger partial charge in [-0.1, -0.05) is 18.2 Å². The molecule has 0 saturated heterocycles. The van der Waals surface area contributed by atoms with Crippen LogP contribution in [0.3, 0.4) is 0 Å². The molecule has 2 aromatic carbocycles. The molecule has 0 unspecified atom stereocenters. The van der Waals surface area contributed by atoms with Crippen LogP contribution in [0.1, 0.15) is 15.9 Å². The van der Waals surface area contributed by atoms with Crippen LogP contribution in [-0.4, -0.2) is 21.1 Å². The minimum Gasteiger partial charge on any atom is -0.423 e. The minimum atomic E-state index is -1.32. The predicted octanol–water partition coefficient (Wildman–Crippen LogP) is 4.64. The molecule has 144 valence electrons. The highest BCUT2D eigenvalue weighted by Crippen LogP contribution is 2.29. The van der Waals surface area contributed by atoms with Crippen molar-refractivity contribution in [3.05, 3.63) is 84.0 Å². The van der Waals surface area contributed by atoms with Crippen LogP contribution in [0.5, 0.6) is 0 Å². The summed E-state index contributed by atoms with van der Waals surface area (Å²) in [5.41, 5.74) is 3.73. The zero-order valence-electron chi connectivity index (χ0n) is 15.2. The standard InChI is InChI=1S/C21H14F2N4O2/c1-12-2-3-14(21-27-25-11-29-21)10-17(12)13-4-6-15(7-5-13)26-20(28)16-8-9-24-19(23)18(16)22/h2-11H,1H3,(H,26,28). The van der Waals surface area contributed by atoms with Crippen LogP contribution in [-0.2, 0) is 0 Å². The number of hydrogen-bond donors (Lipinski definition) is 1. The van der Waals surface area contributed by atoms with Gasteiger partial charge in [0.05, 0.1) is 5.56 Å². The summed E-state index contributed by atoms with van der Waals surface area (Å²) in [4.78, 5) is 15.4. The number of nitrogens with zero attached hydrogens (tertiary/aromatic N) is 3. The third-order valence-corrected chi connectivity index (χ3v) is 4.39. The van der Waals surface area contributed by atoms with Gasteiger partial charge in [-0.3, -0.25) is 4.79 Å². The molecule has 0 radical (unpaired) electrons. The molecule has 4 rings (SSSR count). The highest BCUT2D eigenvalue weighted by atomic mass is 19.2. The lowest BCUT2D eigenvalue weighted by Crippen LogP contribution is -2.15. The minimum absolute atomic E-state index is 0.412. The third-order valence-electron chi connectivity index (χ3n) is 4.39. The van der Waals surface area contributed by atoms with Gasteiger partial charge in [0.15, 0.2) is 5.82 Å². The third kappa shape index (κ3) is 3.73. The van der Waals surface area contributed by atoms with Gasteiger partial charge >= 0.3 is 0 Å². The van der Waals surface area contributed by atoms with Crippen molar-refractivity contribution in [2.45, 2.75) is 6.92 Å². The van der Waals surface area contributed by atoms with Crippen molar-refractivity contribution in [1.82, 2.24) is 15.2 Å². The number of pyridine rings is 1. The number of halogens is 2. The quantitative estimate of drug-likeness (QED) is 0.512. The van der Waals surface area contributed by atoms with E-state index in [0.717, 1.165) is 34.5 Å². The molecule has 6 nitrogen and oxygen atoms in total. The number of amides is 1. The molecule has 2 heterocycles. The lowest BCUT2D eigenvalue weighted by atomic mass is 9.98.